The molecular formula is C23H34N4O. The predicted molar refractivity (Wildman–Crippen MR) is 113 cm³/mol. The third-order valence-corrected chi connectivity index (χ3v) is 6.21. The van der Waals surface area contributed by atoms with Crippen molar-refractivity contribution < 1.29 is 4.74 Å². The molecule has 5 heteroatoms. The van der Waals surface area contributed by atoms with Crippen LogP contribution < -0.4 is 4.74 Å². The van der Waals surface area contributed by atoms with Crippen molar-refractivity contribution in [1.82, 2.24) is 19.4 Å². The van der Waals surface area contributed by atoms with Crippen LogP contribution in [0.3, 0.4) is 0 Å². The van der Waals surface area contributed by atoms with E-state index in [0.717, 1.165) is 29.9 Å². The molecule has 28 heavy (non-hydrogen) atoms. The maximum atomic E-state index is 6.04. The number of hydrogen-bond acceptors (Lipinski definition) is 4. The standard InChI is InChI=1S/C23H34N4O/c1-2-3-4-10-25-12-14-26(15-13-25)17-20-16-21(20)18-28-23-7-5-22(6-8-23)27-11-9-24-19-27/h5-9,11,19-21H,2-4,10,12-18H2,1H3. The number of nitrogens with zero attached hydrogens (tertiary/aromatic N) is 4. The predicted octanol–water partition coefficient (Wildman–Crippen LogP) is 3.70. The van der Waals surface area contributed by atoms with Gasteiger partial charge in [0.2, 0.25) is 0 Å². The van der Waals surface area contributed by atoms with Crippen LogP contribution >= 0.6 is 0 Å². The lowest BCUT2D eigenvalue weighted by Gasteiger charge is -2.34. The highest BCUT2D eigenvalue weighted by atomic mass is 16.5. The van der Waals surface area contributed by atoms with Gasteiger partial charge in [0.05, 0.1) is 12.9 Å². The SMILES string of the molecule is CCCCCN1CCN(CC2CC2COc2ccc(-n3ccnc3)cc2)CC1. The summed E-state index contributed by atoms with van der Waals surface area (Å²) in [5, 5.41) is 0. The summed E-state index contributed by atoms with van der Waals surface area (Å²) in [7, 11) is 0. The lowest BCUT2D eigenvalue weighted by atomic mass is 10.2. The van der Waals surface area contributed by atoms with Crippen molar-refractivity contribution in [1.29, 1.82) is 0 Å². The summed E-state index contributed by atoms with van der Waals surface area (Å²) >= 11 is 0. The normalized spacial score (nSPS) is 23.0. The summed E-state index contributed by atoms with van der Waals surface area (Å²) in [6, 6.07) is 8.29. The first-order valence-corrected chi connectivity index (χ1v) is 11.0. The number of benzene rings is 1. The summed E-state index contributed by atoms with van der Waals surface area (Å²) in [6.45, 7) is 10.7. The minimum absolute atomic E-state index is 0.732. The molecule has 4 rings (SSSR count). The molecule has 2 aromatic rings. The number of piperazine rings is 1. The average molecular weight is 383 g/mol. The summed E-state index contributed by atoms with van der Waals surface area (Å²) in [4.78, 5) is 9.40. The molecule has 0 radical (unpaired) electrons. The van der Waals surface area contributed by atoms with Gasteiger partial charge < -0.3 is 19.1 Å². The first-order valence-electron chi connectivity index (χ1n) is 11.0. The summed E-state index contributed by atoms with van der Waals surface area (Å²) < 4.78 is 8.05. The Kier molecular flexibility index (Phi) is 6.65. The van der Waals surface area contributed by atoms with Crippen LogP contribution in [0.15, 0.2) is 43.0 Å². The van der Waals surface area contributed by atoms with E-state index in [1.165, 1.54) is 65.0 Å². The number of imidazole rings is 1. The number of aromatic nitrogens is 2. The van der Waals surface area contributed by atoms with Crippen molar-refractivity contribution in [3.63, 3.8) is 0 Å². The number of hydrogen-bond donors (Lipinski definition) is 0. The Morgan fingerprint density at radius 1 is 1.00 bits per heavy atom. The van der Waals surface area contributed by atoms with Gasteiger partial charge in [-0.1, -0.05) is 19.8 Å². The number of unbranched alkanes of at least 4 members (excludes halogenated alkanes) is 2. The Balaban J connectivity index is 1.12. The Hall–Kier alpha value is -1.85. The molecule has 1 saturated heterocycles. The van der Waals surface area contributed by atoms with Crippen LogP contribution in [0.5, 0.6) is 5.75 Å². The Labute approximate surface area is 169 Å². The topological polar surface area (TPSA) is 33.5 Å². The minimum Gasteiger partial charge on any atom is -0.493 e. The molecule has 1 aliphatic carbocycles. The summed E-state index contributed by atoms with van der Waals surface area (Å²) in [5.41, 5.74) is 1.11. The third kappa shape index (κ3) is 5.36. The van der Waals surface area contributed by atoms with Gasteiger partial charge in [0.15, 0.2) is 0 Å². The molecule has 2 atom stereocenters. The molecule has 2 fully saturated rings. The van der Waals surface area contributed by atoms with Gasteiger partial charge in [0.1, 0.15) is 5.75 Å². The molecule has 0 N–H and O–H groups in total. The van der Waals surface area contributed by atoms with Gasteiger partial charge in [0, 0.05) is 50.8 Å². The van der Waals surface area contributed by atoms with Gasteiger partial charge in [0.25, 0.3) is 0 Å². The molecule has 152 valence electrons. The van der Waals surface area contributed by atoms with Crippen LogP contribution in [0.1, 0.15) is 32.6 Å². The Morgan fingerprint density at radius 2 is 1.79 bits per heavy atom. The van der Waals surface area contributed by atoms with Gasteiger partial charge in [-0.05, 0) is 55.5 Å². The van der Waals surface area contributed by atoms with Gasteiger partial charge in [-0.25, -0.2) is 4.98 Å². The van der Waals surface area contributed by atoms with Gasteiger partial charge >= 0.3 is 0 Å². The van der Waals surface area contributed by atoms with Crippen molar-refractivity contribution in [3.05, 3.63) is 43.0 Å². The van der Waals surface area contributed by atoms with Gasteiger partial charge in [-0.15, -0.1) is 0 Å². The van der Waals surface area contributed by atoms with Crippen LogP contribution in [-0.2, 0) is 0 Å². The smallest absolute Gasteiger partial charge is 0.119 e. The second kappa shape index (κ2) is 9.57. The van der Waals surface area contributed by atoms with Crippen molar-refractivity contribution in [2.45, 2.75) is 32.6 Å². The molecule has 5 nitrogen and oxygen atoms in total. The molecule has 2 heterocycles. The van der Waals surface area contributed by atoms with Crippen LogP contribution in [-0.4, -0.2) is 65.2 Å². The molecule has 1 saturated carbocycles. The molecule has 2 unspecified atom stereocenters. The molecule has 0 spiro atoms. The lowest BCUT2D eigenvalue weighted by Crippen LogP contribution is -2.47. The maximum absolute atomic E-state index is 6.04. The van der Waals surface area contributed by atoms with Gasteiger partial charge in [-0.3, -0.25) is 0 Å². The van der Waals surface area contributed by atoms with E-state index in [-0.39, 0.29) is 0 Å². The summed E-state index contributed by atoms with van der Waals surface area (Å²) in [6.07, 6.45) is 10.9. The summed E-state index contributed by atoms with van der Waals surface area (Å²) in [5.74, 6) is 2.53. The van der Waals surface area contributed by atoms with Gasteiger partial charge in [-0.2, -0.15) is 0 Å². The fourth-order valence-corrected chi connectivity index (χ4v) is 4.18. The maximum Gasteiger partial charge on any atom is 0.119 e. The zero-order valence-electron chi connectivity index (χ0n) is 17.2. The van der Waals surface area contributed by atoms with E-state index in [2.05, 4.69) is 46.0 Å². The van der Waals surface area contributed by atoms with Crippen molar-refractivity contribution in [2.24, 2.45) is 11.8 Å². The fraction of sp³-hybridized carbons (Fsp3) is 0.609. The molecule has 1 aromatic carbocycles. The van der Waals surface area contributed by atoms with Crippen LogP contribution in [0.25, 0.3) is 5.69 Å². The van der Waals surface area contributed by atoms with Crippen LogP contribution in [0.4, 0.5) is 0 Å². The average Bonchev–Trinajstić information content (AvgIpc) is 3.23. The van der Waals surface area contributed by atoms with E-state index in [1.807, 2.05) is 17.1 Å². The van der Waals surface area contributed by atoms with E-state index in [9.17, 15) is 0 Å². The fourth-order valence-electron chi connectivity index (χ4n) is 4.18. The lowest BCUT2D eigenvalue weighted by molar-refractivity contribution is 0.124. The second-order valence-electron chi connectivity index (χ2n) is 8.38. The molecule has 1 aromatic heterocycles. The van der Waals surface area contributed by atoms with Crippen molar-refractivity contribution in [3.8, 4) is 11.4 Å². The zero-order valence-corrected chi connectivity index (χ0v) is 17.2. The van der Waals surface area contributed by atoms with Crippen LogP contribution in [0, 0.1) is 11.8 Å². The zero-order chi connectivity index (χ0) is 19.2. The van der Waals surface area contributed by atoms with E-state index in [4.69, 9.17) is 4.74 Å². The molecule has 0 bridgehead atoms. The van der Waals surface area contributed by atoms with E-state index in [0.29, 0.717) is 0 Å². The van der Waals surface area contributed by atoms with Crippen molar-refractivity contribution in [2.75, 3.05) is 45.9 Å². The minimum atomic E-state index is 0.732. The van der Waals surface area contributed by atoms with Crippen LogP contribution in [0.2, 0.25) is 0 Å². The van der Waals surface area contributed by atoms with Crippen molar-refractivity contribution >= 4 is 0 Å². The second-order valence-corrected chi connectivity index (χ2v) is 8.38. The molecule has 0 amide bonds. The largest absolute Gasteiger partial charge is 0.493 e. The highest BCUT2D eigenvalue weighted by Gasteiger charge is 2.39. The van der Waals surface area contributed by atoms with E-state index >= 15 is 0 Å². The third-order valence-electron chi connectivity index (χ3n) is 6.21. The van der Waals surface area contributed by atoms with E-state index < -0.39 is 0 Å². The van der Waals surface area contributed by atoms with E-state index in [1.54, 1.807) is 6.20 Å². The first-order chi connectivity index (χ1) is 13.8. The Bertz CT molecular complexity index is 692. The number of ether oxygens (including phenoxy) is 1. The highest BCUT2D eigenvalue weighted by molar-refractivity contribution is 5.37. The number of rotatable bonds is 10. The Morgan fingerprint density at radius 3 is 2.50 bits per heavy atom. The highest BCUT2D eigenvalue weighted by Crippen LogP contribution is 2.39. The molecular weight excluding hydrogens is 348 g/mol. The molecule has 1 aliphatic heterocycles. The monoisotopic (exact) mass is 382 g/mol. The quantitative estimate of drug-likeness (QED) is 0.587. The first kappa shape index (κ1) is 19.5. The molecule has 2 aliphatic rings.